The number of amides is 1. The Labute approximate surface area is 122 Å². The lowest BCUT2D eigenvalue weighted by Crippen LogP contribution is -2.44. The first-order chi connectivity index (χ1) is 9.65. The molecule has 4 N–H and O–H groups in total. The predicted molar refractivity (Wildman–Crippen MR) is 77.4 cm³/mol. The van der Waals surface area contributed by atoms with E-state index in [0.29, 0.717) is 24.3 Å². The number of piperidine rings is 1. The van der Waals surface area contributed by atoms with E-state index in [9.17, 15) is 4.79 Å². The van der Waals surface area contributed by atoms with E-state index in [1.165, 1.54) is 6.07 Å². The molecule has 6 nitrogen and oxygen atoms in total. The van der Waals surface area contributed by atoms with Crippen molar-refractivity contribution >= 4 is 23.3 Å². The SMILES string of the molecule is NNc1cc(C(=O)N2CCCCC2CCO)cc(Cl)n1. The number of carbonyl (C=O) groups excluding carboxylic acids is 1. The number of carbonyl (C=O) groups is 1. The Kier molecular flexibility index (Phi) is 5.17. The van der Waals surface area contributed by atoms with Crippen LogP contribution in [0.1, 0.15) is 36.0 Å². The number of pyridine rings is 1. The van der Waals surface area contributed by atoms with Gasteiger partial charge in [0.05, 0.1) is 0 Å². The smallest absolute Gasteiger partial charge is 0.254 e. The van der Waals surface area contributed by atoms with Crippen molar-refractivity contribution in [2.24, 2.45) is 5.84 Å². The molecule has 1 aromatic heterocycles. The minimum Gasteiger partial charge on any atom is -0.396 e. The van der Waals surface area contributed by atoms with E-state index in [0.717, 1.165) is 19.3 Å². The van der Waals surface area contributed by atoms with E-state index in [1.54, 1.807) is 6.07 Å². The number of likely N-dealkylation sites (tertiary alicyclic amines) is 1. The Balaban J connectivity index is 2.22. The molecule has 0 saturated carbocycles. The van der Waals surface area contributed by atoms with E-state index in [2.05, 4.69) is 10.4 Å². The fourth-order valence-corrected chi connectivity index (χ4v) is 2.79. The maximum atomic E-state index is 12.6. The first-order valence-electron chi connectivity index (χ1n) is 6.71. The lowest BCUT2D eigenvalue weighted by molar-refractivity contribution is 0.0574. The monoisotopic (exact) mass is 298 g/mol. The summed E-state index contributed by atoms with van der Waals surface area (Å²) in [4.78, 5) is 18.4. The van der Waals surface area contributed by atoms with Gasteiger partial charge in [-0.25, -0.2) is 10.8 Å². The zero-order chi connectivity index (χ0) is 14.5. The third-order valence-electron chi connectivity index (χ3n) is 3.54. The van der Waals surface area contributed by atoms with Gasteiger partial charge in [-0.2, -0.15) is 0 Å². The Morgan fingerprint density at radius 3 is 3.05 bits per heavy atom. The number of nitrogen functional groups attached to an aromatic ring is 1. The van der Waals surface area contributed by atoms with E-state index in [-0.39, 0.29) is 23.7 Å². The summed E-state index contributed by atoms with van der Waals surface area (Å²) in [6, 6.07) is 3.20. The molecule has 1 aliphatic rings. The van der Waals surface area contributed by atoms with Gasteiger partial charge in [0, 0.05) is 24.8 Å². The van der Waals surface area contributed by atoms with Gasteiger partial charge in [0.1, 0.15) is 11.0 Å². The van der Waals surface area contributed by atoms with Gasteiger partial charge in [0.25, 0.3) is 5.91 Å². The zero-order valence-corrected chi connectivity index (χ0v) is 11.9. The van der Waals surface area contributed by atoms with Gasteiger partial charge >= 0.3 is 0 Å². The normalized spacial score (nSPS) is 18.9. The van der Waals surface area contributed by atoms with Gasteiger partial charge in [0.15, 0.2) is 0 Å². The molecule has 2 heterocycles. The van der Waals surface area contributed by atoms with Gasteiger partial charge in [-0.05, 0) is 37.8 Å². The number of hydrogen-bond donors (Lipinski definition) is 3. The Bertz CT molecular complexity index is 481. The second-order valence-electron chi connectivity index (χ2n) is 4.87. The van der Waals surface area contributed by atoms with Gasteiger partial charge in [-0.3, -0.25) is 4.79 Å². The number of nitrogens with one attached hydrogen (secondary N) is 1. The van der Waals surface area contributed by atoms with Gasteiger partial charge in [0.2, 0.25) is 0 Å². The molecule has 1 fully saturated rings. The molecule has 0 bridgehead atoms. The number of aromatic nitrogens is 1. The Morgan fingerprint density at radius 2 is 2.35 bits per heavy atom. The number of hydrogen-bond acceptors (Lipinski definition) is 5. The van der Waals surface area contributed by atoms with Crippen LogP contribution in [0, 0.1) is 0 Å². The van der Waals surface area contributed by atoms with Crippen LogP contribution in [0.5, 0.6) is 0 Å². The van der Waals surface area contributed by atoms with Crippen molar-refractivity contribution in [3.8, 4) is 0 Å². The molecule has 1 unspecified atom stereocenters. The largest absolute Gasteiger partial charge is 0.396 e. The molecule has 1 atom stereocenters. The van der Waals surface area contributed by atoms with Gasteiger partial charge < -0.3 is 15.4 Å². The predicted octanol–water partition coefficient (Wildman–Crippen LogP) is 1.40. The van der Waals surface area contributed by atoms with Crippen LogP contribution < -0.4 is 11.3 Å². The molecule has 1 aromatic rings. The third-order valence-corrected chi connectivity index (χ3v) is 3.73. The Hall–Kier alpha value is -1.37. The summed E-state index contributed by atoms with van der Waals surface area (Å²) >= 11 is 5.89. The van der Waals surface area contributed by atoms with Crippen molar-refractivity contribution in [3.63, 3.8) is 0 Å². The molecule has 2 rings (SSSR count). The van der Waals surface area contributed by atoms with E-state index in [4.69, 9.17) is 22.6 Å². The second-order valence-corrected chi connectivity index (χ2v) is 5.26. The molecule has 0 aromatic carbocycles. The molecule has 1 amide bonds. The molecular weight excluding hydrogens is 280 g/mol. The van der Waals surface area contributed by atoms with Crippen molar-refractivity contribution in [1.29, 1.82) is 0 Å². The quantitative estimate of drug-likeness (QED) is 0.444. The first kappa shape index (κ1) is 15.0. The van der Waals surface area contributed by atoms with Crippen molar-refractivity contribution in [1.82, 2.24) is 9.88 Å². The summed E-state index contributed by atoms with van der Waals surface area (Å²) in [7, 11) is 0. The third kappa shape index (κ3) is 3.39. The van der Waals surface area contributed by atoms with Crippen LogP contribution in [0.25, 0.3) is 0 Å². The highest BCUT2D eigenvalue weighted by molar-refractivity contribution is 6.29. The maximum absolute atomic E-state index is 12.6. The second kappa shape index (κ2) is 6.88. The lowest BCUT2D eigenvalue weighted by Gasteiger charge is -2.35. The molecule has 0 radical (unpaired) electrons. The van der Waals surface area contributed by atoms with Crippen LogP contribution in [-0.4, -0.2) is 40.1 Å². The average molecular weight is 299 g/mol. The highest BCUT2D eigenvalue weighted by Gasteiger charge is 2.27. The van der Waals surface area contributed by atoms with Gasteiger partial charge in [-0.15, -0.1) is 0 Å². The molecule has 7 heteroatoms. The molecule has 1 saturated heterocycles. The number of rotatable bonds is 4. The highest BCUT2D eigenvalue weighted by atomic mass is 35.5. The van der Waals surface area contributed by atoms with E-state index < -0.39 is 0 Å². The van der Waals surface area contributed by atoms with Crippen molar-refractivity contribution in [3.05, 3.63) is 22.8 Å². The molecule has 20 heavy (non-hydrogen) atoms. The zero-order valence-electron chi connectivity index (χ0n) is 11.2. The summed E-state index contributed by atoms with van der Waals surface area (Å²) in [5, 5.41) is 9.34. The molecule has 0 aliphatic carbocycles. The molecular formula is C13H19ClN4O2. The summed E-state index contributed by atoms with van der Waals surface area (Å²) in [5.41, 5.74) is 2.86. The standard InChI is InChI=1S/C13H19ClN4O2/c14-11-7-9(8-12(16-11)17-15)13(20)18-5-2-1-3-10(18)4-6-19/h7-8,10,19H,1-6,15H2,(H,16,17). The van der Waals surface area contributed by atoms with Crippen LogP contribution in [0.15, 0.2) is 12.1 Å². The summed E-state index contributed by atoms with van der Waals surface area (Å²) in [6.45, 7) is 0.788. The lowest BCUT2D eigenvalue weighted by atomic mass is 9.98. The van der Waals surface area contributed by atoms with Crippen molar-refractivity contribution in [2.45, 2.75) is 31.7 Å². The number of aliphatic hydroxyl groups is 1. The van der Waals surface area contributed by atoms with Crippen molar-refractivity contribution in [2.75, 3.05) is 18.6 Å². The number of nitrogens with zero attached hydrogens (tertiary/aromatic N) is 2. The van der Waals surface area contributed by atoms with Crippen LogP contribution >= 0.6 is 11.6 Å². The minimum atomic E-state index is -0.0936. The number of hydrazine groups is 1. The van der Waals surface area contributed by atoms with Crippen molar-refractivity contribution < 1.29 is 9.90 Å². The van der Waals surface area contributed by atoms with Crippen LogP contribution in [0.4, 0.5) is 5.82 Å². The van der Waals surface area contributed by atoms with Gasteiger partial charge in [-0.1, -0.05) is 11.6 Å². The van der Waals surface area contributed by atoms with Crippen LogP contribution in [-0.2, 0) is 0 Å². The average Bonchev–Trinajstić information content (AvgIpc) is 2.46. The van der Waals surface area contributed by atoms with Crippen LogP contribution in [0.3, 0.4) is 0 Å². The van der Waals surface area contributed by atoms with E-state index in [1.807, 2.05) is 4.90 Å². The minimum absolute atomic E-state index is 0.0845. The number of halogens is 1. The summed E-state index contributed by atoms with van der Waals surface area (Å²) in [6.07, 6.45) is 3.59. The fourth-order valence-electron chi connectivity index (χ4n) is 2.58. The number of anilines is 1. The topological polar surface area (TPSA) is 91.5 Å². The van der Waals surface area contributed by atoms with Crippen LogP contribution in [0.2, 0.25) is 5.15 Å². The fraction of sp³-hybridized carbons (Fsp3) is 0.538. The molecule has 1 aliphatic heterocycles. The van der Waals surface area contributed by atoms with E-state index >= 15 is 0 Å². The Morgan fingerprint density at radius 1 is 1.55 bits per heavy atom. The summed E-state index contributed by atoms with van der Waals surface area (Å²) < 4.78 is 0. The number of aliphatic hydroxyl groups excluding tert-OH is 1. The summed E-state index contributed by atoms with van der Waals surface area (Å²) in [5.74, 6) is 5.58. The maximum Gasteiger partial charge on any atom is 0.254 e. The molecule has 0 spiro atoms. The number of nitrogens with two attached hydrogens (primary N) is 1. The molecule has 110 valence electrons. The first-order valence-corrected chi connectivity index (χ1v) is 7.09. The highest BCUT2D eigenvalue weighted by Crippen LogP contribution is 2.23.